The third kappa shape index (κ3) is 3.03. The highest BCUT2D eigenvalue weighted by Gasteiger charge is 2.18. The number of hydrazine groups is 1. The van der Waals surface area contributed by atoms with E-state index in [2.05, 4.69) is 15.8 Å². The molecule has 8 heteroatoms. The van der Waals surface area contributed by atoms with Crippen molar-refractivity contribution in [2.24, 2.45) is 0 Å². The molecule has 0 bridgehead atoms. The van der Waals surface area contributed by atoms with Gasteiger partial charge in [-0.1, -0.05) is 24.3 Å². The average molecular weight is 330 g/mol. The molecule has 3 aromatic rings. The van der Waals surface area contributed by atoms with Gasteiger partial charge in [-0.05, 0) is 18.2 Å². The molecule has 0 aliphatic rings. The minimum Gasteiger partial charge on any atom is -0.396 e. The first kappa shape index (κ1) is 15.1. The van der Waals surface area contributed by atoms with Crippen LogP contribution in [-0.4, -0.2) is 18.0 Å². The monoisotopic (exact) mass is 330 g/mol. The van der Waals surface area contributed by atoms with Gasteiger partial charge in [-0.15, -0.1) is 0 Å². The number of benzene rings is 2. The molecular formula is C15H14N4O3S. The van der Waals surface area contributed by atoms with Crippen LogP contribution in [0.25, 0.3) is 10.8 Å². The molecule has 0 aliphatic carbocycles. The van der Waals surface area contributed by atoms with Gasteiger partial charge in [0.2, 0.25) is 0 Å². The topological polar surface area (TPSA) is 117 Å². The summed E-state index contributed by atoms with van der Waals surface area (Å²) in [7, 11) is -4.39. The zero-order valence-electron chi connectivity index (χ0n) is 11.9. The van der Waals surface area contributed by atoms with Crippen LogP contribution in [0.1, 0.15) is 0 Å². The summed E-state index contributed by atoms with van der Waals surface area (Å²) < 4.78 is 32.7. The number of anilines is 3. The summed E-state index contributed by atoms with van der Waals surface area (Å²) in [5.74, 6) is 0. The molecule has 0 spiro atoms. The number of fused-ring (bicyclic) bond motifs is 1. The first-order valence-corrected chi connectivity index (χ1v) is 8.11. The molecule has 5 N–H and O–H groups in total. The highest BCUT2D eigenvalue weighted by atomic mass is 32.2. The molecule has 0 saturated heterocycles. The lowest BCUT2D eigenvalue weighted by Crippen LogP contribution is -2.12. The minimum atomic E-state index is -4.39. The molecule has 0 unspecified atom stereocenters. The lowest BCUT2D eigenvalue weighted by Gasteiger charge is -2.15. The number of aromatic nitrogens is 1. The normalized spacial score (nSPS) is 11.3. The van der Waals surface area contributed by atoms with Crippen LogP contribution in [0.15, 0.2) is 59.8 Å². The number of pyridine rings is 1. The van der Waals surface area contributed by atoms with Crippen molar-refractivity contribution in [2.75, 3.05) is 16.6 Å². The molecule has 3 rings (SSSR count). The van der Waals surface area contributed by atoms with Crippen molar-refractivity contribution < 1.29 is 13.0 Å². The van der Waals surface area contributed by atoms with Crippen molar-refractivity contribution in [1.29, 1.82) is 0 Å². The van der Waals surface area contributed by atoms with E-state index in [4.69, 9.17) is 5.73 Å². The third-order valence-corrected chi connectivity index (χ3v) is 4.22. The van der Waals surface area contributed by atoms with Crippen LogP contribution in [-0.2, 0) is 10.1 Å². The number of nitrogen functional groups attached to an aromatic ring is 1. The van der Waals surface area contributed by atoms with Crippen molar-refractivity contribution in [1.82, 2.24) is 4.98 Å². The summed E-state index contributed by atoms with van der Waals surface area (Å²) in [5, 5.41) is 0.887. The van der Waals surface area contributed by atoms with Crippen LogP contribution in [0.2, 0.25) is 0 Å². The number of hydrogen-bond acceptors (Lipinski definition) is 6. The van der Waals surface area contributed by atoms with Gasteiger partial charge in [0.15, 0.2) is 0 Å². The standard InChI is InChI=1S/C15H14N4O3S/c16-15-12-6-2-1-5-11(12)14(23(20,21)22)8-13(15)19-18-10-4-3-7-17-9-10/h1-9,18-19H,16H2,(H,20,21,22). The van der Waals surface area contributed by atoms with E-state index >= 15 is 0 Å². The molecule has 1 aromatic heterocycles. The number of rotatable bonds is 4. The van der Waals surface area contributed by atoms with E-state index in [1.165, 1.54) is 6.07 Å². The molecule has 0 radical (unpaired) electrons. The highest BCUT2D eigenvalue weighted by molar-refractivity contribution is 7.86. The smallest absolute Gasteiger partial charge is 0.295 e. The number of nitrogens with one attached hydrogen (secondary N) is 2. The predicted molar refractivity (Wildman–Crippen MR) is 89.7 cm³/mol. The second-order valence-electron chi connectivity index (χ2n) is 4.85. The maximum Gasteiger partial charge on any atom is 0.295 e. The molecular weight excluding hydrogens is 316 g/mol. The van der Waals surface area contributed by atoms with E-state index in [0.717, 1.165) is 0 Å². The van der Waals surface area contributed by atoms with Crippen LogP contribution in [0, 0.1) is 0 Å². The van der Waals surface area contributed by atoms with Crippen LogP contribution < -0.4 is 16.6 Å². The molecule has 1 heterocycles. The SMILES string of the molecule is Nc1c(NNc2cccnc2)cc(S(=O)(=O)O)c2ccccc12. The summed E-state index contributed by atoms with van der Waals surface area (Å²) in [6.07, 6.45) is 3.22. The van der Waals surface area contributed by atoms with Gasteiger partial charge in [0, 0.05) is 17.0 Å². The van der Waals surface area contributed by atoms with Gasteiger partial charge in [-0.25, -0.2) is 0 Å². The number of nitrogens with two attached hydrogens (primary N) is 1. The highest BCUT2D eigenvalue weighted by Crippen LogP contribution is 2.34. The third-order valence-electron chi connectivity index (χ3n) is 3.33. The van der Waals surface area contributed by atoms with Crippen molar-refractivity contribution in [3.8, 4) is 0 Å². The van der Waals surface area contributed by atoms with Gasteiger partial charge in [-0.2, -0.15) is 8.42 Å². The maximum absolute atomic E-state index is 11.6. The first-order valence-electron chi connectivity index (χ1n) is 6.67. The molecule has 0 aliphatic heterocycles. The molecule has 0 saturated carbocycles. The minimum absolute atomic E-state index is 0.210. The van der Waals surface area contributed by atoms with E-state index in [9.17, 15) is 13.0 Å². The Balaban J connectivity index is 2.08. The largest absolute Gasteiger partial charge is 0.396 e. The zero-order chi connectivity index (χ0) is 16.4. The van der Waals surface area contributed by atoms with Gasteiger partial charge >= 0.3 is 0 Å². The summed E-state index contributed by atoms with van der Waals surface area (Å²) in [6.45, 7) is 0. The summed E-state index contributed by atoms with van der Waals surface area (Å²) in [5.41, 5.74) is 13.2. The molecule has 0 amide bonds. The molecule has 0 atom stereocenters. The fourth-order valence-corrected chi connectivity index (χ4v) is 2.98. The Morgan fingerprint density at radius 2 is 1.78 bits per heavy atom. The average Bonchev–Trinajstić information content (AvgIpc) is 2.54. The molecule has 7 nitrogen and oxygen atoms in total. The summed E-state index contributed by atoms with van der Waals surface area (Å²) in [6, 6.07) is 11.5. The fourth-order valence-electron chi connectivity index (χ4n) is 2.26. The van der Waals surface area contributed by atoms with E-state index in [-0.39, 0.29) is 4.90 Å². The maximum atomic E-state index is 11.6. The number of nitrogens with zero attached hydrogens (tertiary/aromatic N) is 1. The Bertz CT molecular complexity index is 959. The van der Waals surface area contributed by atoms with Crippen molar-refractivity contribution in [3.63, 3.8) is 0 Å². The molecule has 118 valence electrons. The van der Waals surface area contributed by atoms with Gasteiger partial charge in [0.05, 0.1) is 23.3 Å². The quantitative estimate of drug-likeness (QED) is 0.330. The lowest BCUT2D eigenvalue weighted by atomic mass is 10.1. The van der Waals surface area contributed by atoms with Crippen molar-refractivity contribution >= 4 is 38.0 Å². The Morgan fingerprint density at radius 1 is 1.04 bits per heavy atom. The Kier molecular flexibility index (Phi) is 3.77. The van der Waals surface area contributed by atoms with Gasteiger partial charge in [-0.3, -0.25) is 20.4 Å². The van der Waals surface area contributed by atoms with E-state index < -0.39 is 10.1 Å². The summed E-state index contributed by atoms with van der Waals surface area (Å²) >= 11 is 0. The summed E-state index contributed by atoms with van der Waals surface area (Å²) in [4.78, 5) is 3.75. The Hall–Kier alpha value is -2.84. The second kappa shape index (κ2) is 5.75. The van der Waals surface area contributed by atoms with Crippen LogP contribution in [0.4, 0.5) is 17.1 Å². The molecule has 0 fully saturated rings. The van der Waals surface area contributed by atoms with E-state index in [0.29, 0.717) is 27.8 Å². The Labute approximate surface area is 132 Å². The van der Waals surface area contributed by atoms with Crippen molar-refractivity contribution in [2.45, 2.75) is 4.90 Å². The van der Waals surface area contributed by atoms with Gasteiger partial charge < -0.3 is 5.73 Å². The van der Waals surface area contributed by atoms with Gasteiger partial charge in [0.1, 0.15) is 4.90 Å². The first-order chi connectivity index (χ1) is 11.0. The zero-order valence-corrected chi connectivity index (χ0v) is 12.7. The Morgan fingerprint density at radius 3 is 2.43 bits per heavy atom. The fraction of sp³-hybridized carbons (Fsp3) is 0. The number of hydrogen-bond donors (Lipinski definition) is 4. The van der Waals surface area contributed by atoms with Crippen LogP contribution in [0.3, 0.4) is 0 Å². The van der Waals surface area contributed by atoms with Crippen LogP contribution >= 0.6 is 0 Å². The molecule has 2 aromatic carbocycles. The molecule has 23 heavy (non-hydrogen) atoms. The van der Waals surface area contributed by atoms with Crippen molar-refractivity contribution in [3.05, 3.63) is 54.9 Å². The van der Waals surface area contributed by atoms with Gasteiger partial charge in [0.25, 0.3) is 10.1 Å². The van der Waals surface area contributed by atoms with E-state index in [1.807, 2.05) is 0 Å². The van der Waals surface area contributed by atoms with Crippen LogP contribution in [0.5, 0.6) is 0 Å². The van der Waals surface area contributed by atoms with E-state index in [1.54, 1.807) is 48.8 Å². The predicted octanol–water partition coefficient (Wildman–Crippen LogP) is 2.50. The second-order valence-corrected chi connectivity index (χ2v) is 6.24. The lowest BCUT2D eigenvalue weighted by molar-refractivity contribution is 0.484.